The van der Waals surface area contributed by atoms with E-state index in [4.69, 9.17) is 0 Å². The number of aliphatic hydroxyl groups is 1. The largest absolute Gasteiger partial charge is 0.408 e. The average Bonchev–Trinajstić information content (AvgIpc) is 2.82. The molecule has 0 bridgehead atoms. The predicted octanol–water partition coefficient (Wildman–Crippen LogP) is 1.87. The maximum Gasteiger partial charge on any atom is 0.408 e. The number of hydrogen-bond donors (Lipinski definition) is 1. The smallest absolute Gasteiger partial charge is 0.383 e. The Labute approximate surface area is 120 Å². The van der Waals surface area contributed by atoms with Crippen molar-refractivity contribution in [3.63, 3.8) is 0 Å². The molecule has 1 atom stereocenters. The number of nitrogens with zero attached hydrogens (tertiary/aromatic N) is 4. The minimum Gasteiger partial charge on any atom is -0.383 e. The van der Waals surface area contributed by atoms with Crippen molar-refractivity contribution in [2.45, 2.75) is 18.8 Å². The lowest BCUT2D eigenvalue weighted by molar-refractivity contribution is -0.142. The number of alkyl halides is 3. The molecular weight excluding hydrogens is 376 g/mol. The number of aliphatic hydroxyl groups excluding tert-OH is 1. The van der Waals surface area contributed by atoms with Crippen LogP contribution in [0.1, 0.15) is 17.2 Å². The van der Waals surface area contributed by atoms with Crippen molar-refractivity contribution in [2.75, 3.05) is 0 Å². The van der Waals surface area contributed by atoms with Gasteiger partial charge in [-0.2, -0.15) is 23.4 Å². The molecule has 0 saturated heterocycles. The summed E-state index contributed by atoms with van der Waals surface area (Å²) in [7, 11) is 1.70. The lowest BCUT2D eigenvalue weighted by Crippen LogP contribution is -2.17. The maximum absolute atomic E-state index is 12.2. The van der Waals surface area contributed by atoms with Crippen LogP contribution in [0.3, 0.4) is 0 Å². The molecule has 0 radical (unpaired) electrons. The van der Waals surface area contributed by atoms with Crippen LogP contribution in [-0.2, 0) is 13.6 Å². The van der Waals surface area contributed by atoms with Crippen molar-refractivity contribution < 1.29 is 18.3 Å². The first-order valence-electron chi connectivity index (χ1n) is 5.22. The summed E-state index contributed by atoms with van der Waals surface area (Å²) in [5.41, 5.74) is 0.838. The van der Waals surface area contributed by atoms with Crippen LogP contribution in [0.2, 0.25) is 0 Å². The Morgan fingerprint density at radius 1 is 1.42 bits per heavy atom. The molecule has 0 fully saturated rings. The van der Waals surface area contributed by atoms with Crippen molar-refractivity contribution in [1.29, 1.82) is 0 Å². The first kappa shape index (κ1) is 14.3. The molecule has 2 aromatic heterocycles. The fraction of sp³-hybridized carbons (Fsp3) is 0.400. The van der Waals surface area contributed by atoms with E-state index in [2.05, 4.69) is 10.2 Å². The average molecular weight is 386 g/mol. The zero-order chi connectivity index (χ0) is 14.2. The quantitative estimate of drug-likeness (QED) is 0.820. The molecule has 0 aliphatic heterocycles. The second kappa shape index (κ2) is 5.12. The molecule has 2 aromatic rings. The molecule has 0 aromatic carbocycles. The molecule has 5 nitrogen and oxygen atoms in total. The summed E-state index contributed by atoms with van der Waals surface area (Å²) in [6.07, 6.45) is -1.35. The van der Waals surface area contributed by atoms with Crippen LogP contribution < -0.4 is 0 Å². The van der Waals surface area contributed by atoms with E-state index in [1.165, 1.54) is 17.1 Å². The van der Waals surface area contributed by atoms with Crippen LogP contribution >= 0.6 is 22.6 Å². The second-order valence-corrected chi connectivity index (χ2v) is 5.06. The Morgan fingerprint density at radius 2 is 2.11 bits per heavy atom. The standard InChI is InChI=1S/C10H10F3IN4O/c1-17-4-7(9(14)16-17)8(19)6-2-15-18(3-6)5-10(11,12)13/h2-4,8,19H,5H2,1H3. The van der Waals surface area contributed by atoms with Crippen molar-refractivity contribution in [2.24, 2.45) is 7.05 Å². The van der Waals surface area contributed by atoms with E-state index in [1.807, 2.05) is 22.6 Å². The Balaban J connectivity index is 2.21. The van der Waals surface area contributed by atoms with Gasteiger partial charge in [0.05, 0.1) is 6.20 Å². The molecule has 0 aliphatic rings. The fourth-order valence-electron chi connectivity index (χ4n) is 1.63. The molecule has 104 valence electrons. The number of aromatic nitrogens is 4. The number of aryl methyl sites for hydroxylation is 1. The summed E-state index contributed by atoms with van der Waals surface area (Å²) >= 11 is 1.95. The van der Waals surface area contributed by atoms with Crippen molar-refractivity contribution in [3.05, 3.63) is 33.4 Å². The van der Waals surface area contributed by atoms with Gasteiger partial charge in [-0.3, -0.25) is 9.36 Å². The molecular formula is C10H10F3IN4O. The Kier molecular flexibility index (Phi) is 3.85. The third-order valence-electron chi connectivity index (χ3n) is 2.41. The maximum atomic E-state index is 12.2. The number of hydrogen-bond acceptors (Lipinski definition) is 3. The van der Waals surface area contributed by atoms with E-state index < -0.39 is 18.8 Å². The molecule has 9 heteroatoms. The normalized spacial score (nSPS) is 13.8. The molecule has 0 amide bonds. The third kappa shape index (κ3) is 3.47. The predicted molar refractivity (Wildman–Crippen MR) is 68.3 cm³/mol. The van der Waals surface area contributed by atoms with Crippen LogP contribution in [-0.4, -0.2) is 30.8 Å². The summed E-state index contributed by atoms with van der Waals surface area (Å²) in [6.45, 7) is -1.18. The van der Waals surface area contributed by atoms with Crippen LogP contribution in [0, 0.1) is 3.70 Å². The summed E-state index contributed by atoms with van der Waals surface area (Å²) < 4.78 is 39.5. The number of rotatable bonds is 3. The Morgan fingerprint density at radius 3 is 2.63 bits per heavy atom. The molecule has 2 heterocycles. The lowest BCUT2D eigenvalue weighted by Gasteiger charge is -2.07. The molecule has 0 aliphatic carbocycles. The van der Waals surface area contributed by atoms with Gasteiger partial charge in [-0.1, -0.05) is 0 Å². The van der Waals surface area contributed by atoms with E-state index in [-0.39, 0.29) is 0 Å². The second-order valence-electron chi connectivity index (χ2n) is 4.04. The van der Waals surface area contributed by atoms with Gasteiger partial charge in [0.1, 0.15) is 16.3 Å². The van der Waals surface area contributed by atoms with Gasteiger partial charge in [0, 0.05) is 30.6 Å². The van der Waals surface area contributed by atoms with Crippen LogP contribution in [0.15, 0.2) is 18.6 Å². The fourth-order valence-corrected chi connectivity index (χ4v) is 2.41. The summed E-state index contributed by atoms with van der Waals surface area (Å²) in [6, 6.07) is 0. The van der Waals surface area contributed by atoms with Gasteiger partial charge in [0.2, 0.25) is 0 Å². The Bertz CT molecular complexity index is 578. The summed E-state index contributed by atoms with van der Waals surface area (Å²) in [5.74, 6) is 0. The Hall–Kier alpha value is -1.10. The highest BCUT2D eigenvalue weighted by Crippen LogP contribution is 2.25. The lowest BCUT2D eigenvalue weighted by atomic mass is 10.1. The zero-order valence-electron chi connectivity index (χ0n) is 9.76. The van der Waals surface area contributed by atoms with E-state index in [0.29, 0.717) is 14.8 Å². The SMILES string of the molecule is Cn1cc(C(O)c2cnn(CC(F)(F)F)c2)c(I)n1. The molecule has 1 N–H and O–H groups in total. The van der Waals surface area contributed by atoms with Crippen LogP contribution in [0.5, 0.6) is 0 Å². The highest BCUT2D eigenvalue weighted by molar-refractivity contribution is 14.1. The van der Waals surface area contributed by atoms with E-state index >= 15 is 0 Å². The summed E-state index contributed by atoms with van der Waals surface area (Å²) in [5, 5.41) is 17.8. The minimum absolute atomic E-state index is 0.301. The minimum atomic E-state index is -4.34. The van der Waals surface area contributed by atoms with Crippen molar-refractivity contribution in [1.82, 2.24) is 19.6 Å². The van der Waals surface area contributed by atoms with Gasteiger partial charge < -0.3 is 5.11 Å². The first-order valence-corrected chi connectivity index (χ1v) is 6.30. The van der Waals surface area contributed by atoms with Crippen molar-refractivity contribution >= 4 is 22.6 Å². The molecule has 19 heavy (non-hydrogen) atoms. The zero-order valence-corrected chi connectivity index (χ0v) is 11.9. The van der Waals surface area contributed by atoms with E-state index in [9.17, 15) is 18.3 Å². The van der Waals surface area contributed by atoms with Gasteiger partial charge in [0.25, 0.3) is 0 Å². The number of halogens is 4. The topological polar surface area (TPSA) is 55.9 Å². The first-order chi connectivity index (χ1) is 8.76. The van der Waals surface area contributed by atoms with Crippen molar-refractivity contribution in [3.8, 4) is 0 Å². The van der Waals surface area contributed by atoms with Gasteiger partial charge in [-0.25, -0.2) is 0 Å². The highest BCUT2D eigenvalue weighted by Gasteiger charge is 2.29. The monoisotopic (exact) mass is 386 g/mol. The van der Waals surface area contributed by atoms with Gasteiger partial charge in [-0.05, 0) is 22.6 Å². The van der Waals surface area contributed by atoms with Gasteiger partial charge in [-0.15, -0.1) is 0 Å². The van der Waals surface area contributed by atoms with E-state index in [1.54, 1.807) is 13.2 Å². The van der Waals surface area contributed by atoms with E-state index in [0.717, 1.165) is 4.68 Å². The summed E-state index contributed by atoms with van der Waals surface area (Å²) in [4.78, 5) is 0. The van der Waals surface area contributed by atoms with Crippen LogP contribution in [0.4, 0.5) is 13.2 Å². The molecule has 0 saturated carbocycles. The van der Waals surface area contributed by atoms with Crippen LogP contribution in [0.25, 0.3) is 0 Å². The highest BCUT2D eigenvalue weighted by atomic mass is 127. The van der Waals surface area contributed by atoms with Gasteiger partial charge in [0.15, 0.2) is 0 Å². The van der Waals surface area contributed by atoms with Gasteiger partial charge >= 0.3 is 6.18 Å². The third-order valence-corrected chi connectivity index (χ3v) is 3.25. The molecule has 2 rings (SSSR count). The molecule has 1 unspecified atom stereocenters. The molecule has 0 spiro atoms.